The molecule has 5 heteroatoms. The number of carbonyl (C=O) groups excluding carboxylic acids is 2. The predicted molar refractivity (Wildman–Crippen MR) is 78.2 cm³/mol. The van der Waals surface area contributed by atoms with Crippen LogP contribution in [0.4, 0.5) is 5.82 Å². The Morgan fingerprint density at radius 2 is 1.95 bits per heavy atom. The normalized spacial score (nSPS) is 15.6. The quantitative estimate of drug-likeness (QED) is 0.677. The zero-order chi connectivity index (χ0) is 14.8. The first-order chi connectivity index (χ1) is 10.2. The first-order valence-corrected chi connectivity index (χ1v) is 6.36. The minimum absolute atomic E-state index is 0.0694. The first kappa shape index (κ1) is 13.1. The van der Waals surface area contributed by atoms with Crippen molar-refractivity contribution in [2.45, 2.75) is 0 Å². The molecule has 0 unspecified atom stereocenters. The van der Waals surface area contributed by atoms with Gasteiger partial charge in [0.1, 0.15) is 11.6 Å². The van der Waals surface area contributed by atoms with E-state index in [0.717, 1.165) is 0 Å². The number of benzene rings is 1. The summed E-state index contributed by atoms with van der Waals surface area (Å²) in [6.45, 7) is 0. The zero-order valence-corrected chi connectivity index (χ0v) is 11.3. The lowest BCUT2D eigenvalue weighted by Gasteiger charge is -2.17. The molecule has 2 aromatic rings. The summed E-state index contributed by atoms with van der Waals surface area (Å²) in [7, 11) is 1.54. The summed E-state index contributed by atoms with van der Waals surface area (Å²) in [6, 6.07) is 10.5. The Labute approximate surface area is 121 Å². The fraction of sp³-hybridized carbons (Fsp3) is 0.0625. The van der Waals surface area contributed by atoms with Gasteiger partial charge in [0.25, 0.3) is 5.91 Å². The van der Waals surface area contributed by atoms with Crippen LogP contribution in [-0.2, 0) is 4.79 Å². The number of para-hydroxylation sites is 1. The van der Waals surface area contributed by atoms with Crippen molar-refractivity contribution >= 4 is 23.6 Å². The molecule has 1 aromatic carbocycles. The van der Waals surface area contributed by atoms with Crippen LogP contribution >= 0.6 is 0 Å². The van der Waals surface area contributed by atoms with Crippen molar-refractivity contribution in [2.24, 2.45) is 0 Å². The van der Waals surface area contributed by atoms with Gasteiger partial charge in [-0.1, -0.05) is 18.2 Å². The lowest BCUT2D eigenvalue weighted by Crippen LogP contribution is -2.28. The highest BCUT2D eigenvalue weighted by atomic mass is 16.5. The predicted octanol–water partition coefficient (Wildman–Crippen LogP) is 2.31. The van der Waals surface area contributed by atoms with E-state index < -0.39 is 5.91 Å². The number of anilines is 1. The van der Waals surface area contributed by atoms with Crippen molar-refractivity contribution in [1.82, 2.24) is 4.98 Å². The van der Waals surface area contributed by atoms with Gasteiger partial charge in [-0.3, -0.25) is 9.59 Å². The number of carbonyl (C=O) groups is 2. The lowest BCUT2D eigenvalue weighted by atomic mass is 9.97. The molecular weight excluding hydrogens is 268 g/mol. The fourth-order valence-electron chi connectivity index (χ4n) is 2.18. The Kier molecular flexibility index (Phi) is 3.23. The molecule has 0 spiro atoms. The smallest absolute Gasteiger partial charge is 0.260 e. The number of methoxy groups -OCH3 is 1. The van der Waals surface area contributed by atoms with E-state index in [1.807, 2.05) is 12.1 Å². The number of amides is 1. The standard InChI is InChI=1S/C16H12N2O3/c1-21-13-7-3-2-5-10(13)9-12-14(19)11-6-4-8-17-15(11)18-16(12)20/h2-9H,1H3,(H,17,18,20)/b12-9-. The molecule has 1 aliphatic heterocycles. The molecule has 21 heavy (non-hydrogen) atoms. The highest BCUT2D eigenvalue weighted by Crippen LogP contribution is 2.26. The van der Waals surface area contributed by atoms with Crippen molar-refractivity contribution in [3.05, 3.63) is 59.3 Å². The fourth-order valence-corrected chi connectivity index (χ4v) is 2.18. The largest absolute Gasteiger partial charge is 0.496 e. The molecule has 2 heterocycles. The first-order valence-electron chi connectivity index (χ1n) is 6.36. The number of hydrogen-bond donors (Lipinski definition) is 1. The van der Waals surface area contributed by atoms with Crippen molar-refractivity contribution in [1.29, 1.82) is 0 Å². The van der Waals surface area contributed by atoms with E-state index in [-0.39, 0.29) is 11.4 Å². The molecule has 0 bridgehead atoms. The van der Waals surface area contributed by atoms with Crippen LogP contribution in [0.15, 0.2) is 48.2 Å². The molecule has 0 radical (unpaired) electrons. The lowest BCUT2D eigenvalue weighted by molar-refractivity contribution is -0.112. The van der Waals surface area contributed by atoms with Crippen LogP contribution in [-0.4, -0.2) is 23.8 Å². The number of Topliss-reactive ketones (excluding diaryl/α,β-unsaturated/α-hetero) is 1. The Bertz CT molecular complexity index is 766. The summed E-state index contributed by atoms with van der Waals surface area (Å²) >= 11 is 0. The van der Waals surface area contributed by atoms with E-state index in [9.17, 15) is 9.59 Å². The van der Waals surface area contributed by atoms with Gasteiger partial charge < -0.3 is 10.1 Å². The average molecular weight is 280 g/mol. The molecule has 1 aliphatic rings. The number of nitrogens with one attached hydrogen (secondary N) is 1. The molecule has 0 fully saturated rings. The monoisotopic (exact) mass is 280 g/mol. The third kappa shape index (κ3) is 2.29. The molecule has 5 nitrogen and oxygen atoms in total. The maximum atomic E-state index is 12.4. The highest BCUT2D eigenvalue weighted by molar-refractivity contribution is 6.35. The van der Waals surface area contributed by atoms with Crippen molar-refractivity contribution < 1.29 is 14.3 Å². The number of pyridine rings is 1. The van der Waals surface area contributed by atoms with Gasteiger partial charge in [-0.2, -0.15) is 0 Å². The third-order valence-corrected chi connectivity index (χ3v) is 3.21. The van der Waals surface area contributed by atoms with E-state index in [4.69, 9.17) is 4.74 Å². The summed E-state index contributed by atoms with van der Waals surface area (Å²) in [5.74, 6) is 0.0946. The van der Waals surface area contributed by atoms with E-state index in [1.54, 1.807) is 31.4 Å². The molecule has 0 aliphatic carbocycles. The summed E-state index contributed by atoms with van der Waals surface area (Å²) in [6.07, 6.45) is 3.06. The maximum absolute atomic E-state index is 12.4. The van der Waals surface area contributed by atoms with Crippen LogP contribution in [0, 0.1) is 0 Å². The second-order valence-corrected chi connectivity index (χ2v) is 4.48. The van der Waals surface area contributed by atoms with E-state index in [1.165, 1.54) is 12.3 Å². The van der Waals surface area contributed by atoms with Gasteiger partial charge in [-0.15, -0.1) is 0 Å². The van der Waals surface area contributed by atoms with Crippen LogP contribution in [0.25, 0.3) is 6.08 Å². The summed E-state index contributed by atoms with van der Waals surface area (Å²) in [5, 5.41) is 2.62. The summed E-state index contributed by atoms with van der Waals surface area (Å²) in [5.41, 5.74) is 1.13. The van der Waals surface area contributed by atoms with Crippen LogP contribution in [0.1, 0.15) is 15.9 Å². The van der Waals surface area contributed by atoms with Crippen molar-refractivity contribution in [2.75, 3.05) is 12.4 Å². The molecule has 1 N–H and O–H groups in total. The highest BCUT2D eigenvalue weighted by Gasteiger charge is 2.29. The molecule has 0 atom stereocenters. The van der Waals surface area contributed by atoms with E-state index in [2.05, 4.69) is 10.3 Å². The Balaban J connectivity index is 2.09. The third-order valence-electron chi connectivity index (χ3n) is 3.21. The number of ether oxygens (including phenoxy) is 1. The average Bonchev–Trinajstić information content (AvgIpc) is 2.52. The molecule has 0 saturated heterocycles. The van der Waals surface area contributed by atoms with E-state index in [0.29, 0.717) is 22.7 Å². The molecule has 3 rings (SSSR count). The van der Waals surface area contributed by atoms with Gasteiger partial charge in [0.2, 0.25) is 5.78 Å². The maximum Gasteiger partial charge on any atom is 0.260 e. The van der Waals surface area contributed by atoms with Crippen LogP contribution in [0.3, 0.4) is 0 Å². The summed E-state index contributed by atoms with van der Waals surface area (Å²) in [4.78, 5) is 28.5. The summed E-state index contributed by atoms with van der Waals surface area (Å²) < 4.78 is 5.23. The second kappa shape index (κ2) is 5.20. The van der Waals surface area contributed by atoms with E-state index >= 15 is 0 Å². The van der Waals surface area contributed by atoms with Crippen LogP contribution < -0.4 is 10.1 Å². The van der Waals surface area contributed by atoms with Gasteiger partial charge in [-0.25, -0.2) is 4.98 Å². The number of rotatable bonds is 2. The number of fused-ring (bicyclic) bond motifs is 1. The molecule has 0 saturated carbocycles. The van der Waals surface area contributed by atoms with Gasteiger partial charge in [0, 0.05) is 11.8 Å². The minimum Gasteiger partial charge on any atom is -0.496 e. The molecule has 104 valence electrons. The molecular formula is C16H12N2O3. The SMILES string of the molecule is COc1ccccc1/C=C1\C(=O)Nc2ncccc2C1=O. The van der Waals surface area contributed by atoms with Gasteiger partial charge in [0.15, 0.2) is 0 Å². The topological polar surface area (TPSA) is 68.3 Å². The molecule has 1 amide bonds. The van der Waals surface area contributed by atoms with Crippen molar-refractivity contribution in [3.63, 3.8) is 0 Å². The number of ketones is 1. The Hall–Kier alpha value is -2.95. The number of hydrogen-bond acceptors (Lipinski definition) is 4. The van der Waals surface area contributed by atoms with Gasteiger partial charge in [0.05, 0.1) is 18.2 Å². The number of aromatic nitrogens is 1. The van der Waals surface area contributed by atoms with Crippen molar-refractivity contribution in [3.8, 4) is 5.75 Å². The van der Waals surface area contributed by atoms with Crippen LogP contribution in [0.2, 0.25) is 0 Å². The zero-order valence-electron chi connectivity index (χ0n) is 11.3. The van der Waals surface area contributed by atoms with Gasteiger partial charge in [-0.05, 0) is 24.3 Å². The minimum atomic E-state index is -0.461. The van der Waals surface area contributed by atoms with Gasteiger partial charge >= 0.3 is 0 Å². The molecule has 1 aromatic heterocycles. The number of nitrogens with zero attached hydrogens (tertiary/aromatic N) is 1. The second-order valence-electron chi connectivity index (χ2n) is 4.48. The van der Waals surface area contributed by atoms with Crippen LogP contribution in [0.5, 0.6) is 5.75 Å². The Morgan fingerprint density at radius 3 is 2.76 bits per heavy atom. The Morgan fingerprint density at radius 1 is 1.14 bits per heavy atom.